The number of hydrogen-bond donors (Lipinski definition) is 1. The summed E-state index contributed by atoms with van der Waals surface area (Å²) in [5.74, 6) is -0.265. The Kier molecular flexibility index (Phi) is 6.21. The highest BCUT2D eigenvalue weighted by atomic mass is 32.2. The van der Waals surface area contributed by atoms with Crippen LogP contribution in [0, 0.1) is 0 Å². The Morgan fingerprint density at radius 2 is 1.72 bits per heavy atom. The van der Waals surface area contributed by atoms with Crippen LogP contribution >= 0.6 is 23.4 Å². The van der Waals surface area contributed by atoms with Gasteiger partial charge in [-0.2, -0.15) is 0 Å². The fraction of sp³-hybridized carbons (Fsp3) is 0.133. The summed E-state index contributed by atoms with van der Waals surface area (Å²) in [6.07, 6.45) is 1.77. The van der Waals surface area contributed by atoms with E-state index < -0.39 is 30.0 Å². The number of ether oxygens (including phenoxy) is 1. The maximum Gasteiger partial charge on any atom is 0.286 e. The first-order valence-corrected chi connectivity index (χ1v) is 12.4. The van der Waals surface area contributed by atoms with Crippen LogP contribution in [-0.2, 0) is 20.2 Å². The number of benzene rings is 2. The standard InChI is InChI=1S/C15H14N2O8S4/c1-26-25-15-17-13-3-2-9(4-14(13)27-15)16-8-24-10-5-11(28(18,19)20)7-12(6-10)29(21,22)23/h2-7,16H,8H2,1H3,(H,18,19,20)(H,21,22,23)/p-2. The maximum atomic E-state index is 11.2. The van der Waals surface area contributed by atoms with E-state index in [1.54, 1.807) is 24.5 Å². The molecule has 1 heterocycles. The molecule has 0 atom stereocenters. The van der Waals surface area contributed by atoms with E-state index in [1.807, 2.05) is 0 Å². The van der Waals surface area contributed by atoms with Gasteiger partial charge in [-0.3, -0.25) is 0 Å². The first kappa shape index (κ1) is 21.6. The minimum absolute atomic E-state index is 0.195. The summed E-state index contributed by atoms with van der Waals surface area (Å²) in [7, 11) is -9.97. The SMILES string of the molecule is CSOc1nc2ccc(NCOc3cc(S(=O)(=O)[O-])cc(S(=O)(=O)[O-])c3)cc2s1. The highest BCUT2D eigenvalue weighted by molar-refractivity contribution is 7.94. The van der Waals surface area contributed by atoms with Gasteiger partial charge in [0.2, 0.25) is 0 Å². The fourth-order valence-corrected chi connectivity index (χ4v) is 4.64. The van der Waals surface area contributed by atoms with Gasteiger partial charge in [0.05, 0.1) is 32.1 Å². The largest absolute Gasteiger partial charge is 0.744 e. The van der Waals surface area contributed by atoms with Crippen molar-refractivity contribution in [3.8, 4) is 10.9 Å². The molecule has 3 aromatic rings. The Balaban J connectivity index is 1.76. The molecule has 0 saturated carbocycles. The van der Waals surface area contributed by atoms with Gasteiger partial charge in [-0.25, -0.2) is 21.8 Å². The van der Waals surface area contributed by atoms with Crippen LogP contribution in [0.15, 0.2) is 46.2 Å². The van der Waals surface area contributed by atoms with E-state index in [1.165, 1.54) is 23.4 Å². The molecule has 0 unspecified atom stereocenters. The molecule has 0 saturated heterocycles. The molecule has 2 aromatic carbocycles. The van der Waals surface area contributed by atoms with Gasteiger partial charge < -0.3 is 23.3 Å². The zero-order chi connectivity index (χ0) is 21.2. The summed E-state index contributed by atoms with van der Waals surface area (Å²) >= 11 is 2.51. The second-order valence-corrected chi connectivity index (χ2v) is 9.68. The molecule has 0 aliphatic carbocycles. The Labute approximate surface area is 174 Å². The van der Waals surface area contributed by atoms with Crippen LogP contribution < -0.4 is 14.2 Å². The van der Waals surface area contributed by atoms with E-state index in [0.717, 1.165) is 22.3 Å². The molecule has 0 fully saturated rings. The molecular weight excluding hydrogens is 464 g/mol. The predicted octanol–water partition coefficient (Wildman–Crippen LogP) is 2.21. The zero-order valence-corrected chi connectivity index (χ0v) is 17.8. The van der Waals surface area contributed by atoms with Gasteiger partial charge in [0.1, 0.15) is 26.0 Å². The molecule has 1 aromatic heterocycles. The van der Waals surface area contributed by atoms with Crippen molar-refractivity contribution >= 4 is 59.5 Å². The minimum atomic E-state index is -4.98. The van der Waals surface area contributed by atoms with Crippen molar-refractivity contribution in [2.45, 2.75) is 9.79 Å². The number of thiazole rings is 1. The van der Waals surface area contributed by atoms with Crippen LogP contribution in [0.25, 0.3) is 10.2 Å². The molecule has 156 valence electrons. The molecule has 14 heteroatoms. The van der Waals surface area contributed by atoms with Crippen molar-refractivity contribution in [2.24, 2.45) is 0 Å². The van der Waals surface area contributed by atoms with Gasteiger partial charge in [0.25, 0.3) is 5.19 Å². The second-order valence-electron chi connectivity index (χ2n) is 5.43. The van der Waals surface area contributed by atoms with Crippen LogP contribution in [-0.4, -0.2) is 43.9 Å². The van der Waals surface area contributed by atoms with Crippen molar-refractivity contribution in [3.05, 3.63) is 36.4 Å². The molecule has 0 aliphatic heterocycles. The Hall–Kier alpha value is -2.10. The normalized spacial score (nSPS) is 12.1. The van der Waals surface area contributed by atoms with Gasteiger partial charge in [-0.15, -0.1) is 0 Å². The van der Waals surface area contributed by atoms with Crippen molar-refractivity contribution in [1.82, 2.24) is 4.98 Å². The van der Waals surface area contributed by atoms with Crippen LogP contribution in [0.3, 0.4) is 0 Å². The maximum absolute atomic E-state index is 11.2. The number of anilines is 1. The van der Waals surface area contributed by atoms with E-state index in [9.17, 15) is 25.9 Å². The third-order valence-electron chi connectivity index (χ3n) is 3.47. The minimum Gasteiger partial charge on any atom is -0.744 e. The molecule has 0 aliphatic rings. The lowest BCUT2D eigenvalue weighted by Crippen LogP contribution is -2.10. The average molecular weight is 477 g/mol. The first-order chi connectivity index (χ1) is 13.6. The Bertz CT molecular complexity index is 1200. The Morgan fingerprint density at radius 1 is 1.07 bits per heavy atom. The highest BCUT2D eigenvalue weighted by Gasteiger charge is 2.11. The smallest absolute Gasteiger partial charge is 0.286 e. The number of nitrogens with zero attached hydrogens (tertiary/aromatic N) is 1. The summed E-state index contributed by atoms with van der Waals surface area (Å²) in [4.78, 5) is 2.52. The summed E-state index contributed by atoms with van der Waals surface area (Å²) in [5.41, 5.74) is 1.38. The quantitative estimate of drug-likeness (QED) is 0.288. The Morgan fingerprint density at radius 3 is 2.31 bits per heavy atom. The third-order valence-corrected chi connectivity index (χ3v) is 6.42. The molecular formula is C15H12N2O8S4-2. The average Bonchev–Trinajstić information content (AvgIpc) is 3.02. The molecule has 3 rings (SSSR count). The molecule has 0 spiro atoms. The van der Waals surface area contributed by atoms with Crippen molar-refractivity contribution in [1.29, 1.82) is 0 Å². The van der Waals surface area contributed by atoms with Crippen molar-refractivity contribution in [3.63, 3.8) is 0 Å². The lowest BCUT2D eigenvalue weighted by molar-refractivity contribution is 0.344. The summed E-state index contributed by atoms with van der Waals surface area (Å²) in [6.45, 7) is -0.195. The first-order valence-electron chi connectivity index (χ1n) is 7.61. The van der Waals surface area contributed by atoms with E-state index in [-0.39, 0.29) is 12.5 Å². The fourth-order valence-electron chi connectivity index (χ4n) is 2.24. The summed E-state index contributed by atoms with van der Waals surface area (Å²) < 4.78 is 78.6. The number of aromatic nitrogens is 1. The summed E-state index contributed by atoms with van der Waals surface area (Å²) in [5, 5.41) is 3.40. The van der Waals surface area contributed by atoms with E-state index >= 15 is 0 Å². The zero-order valence-electron chi connectivity index (χ0n) is 14.5. The van der Waals surface area contributed by atoms with Crippen LogP contribution in [0.4, 0.5) is 5.69 Å². The van der Waals surface area contributed by atoms with Gasteiger partial charge in [0.15, 0.2) is 6.73 Å². The van der Waals surface area contributed by atoms with Gasteiger partial charge in [-0.1, -0.05) is 11.3 Å². The second kappa shape index (κ2) is 8.33. The van der Waals surface area contributed by atoms with Crippen LogP contribution in [0.1, 0.15) is 0 Å². The van der Waals surface area contributed by atoms with Gasteiger partial charge >= 0.3 is 0 Å². The van der Waals surface area contributed by atoms with Crippen LogP contribution in [0.5, 0.6) is 10.9 Å². The van der Waals surface area contributed by atoms with E-state index in [2.05, 4.69) is 10.3 Å². The topological polar surface area (TPSA) is 158 Å². The predicted molar refractivity (Wildman–Crippen MR) is 105 cm³/mol. The van der Waals surface area contributed by atoms with E-state index in [0.29, 0.717) is 16.9 Å². The van der Waals surface area contributed by atoms with Crippen molar-refractivity contribution in [2.75, 3.05) is 18.3 Å². The monoisotopic (exact) mass is 476 g/mol. The third kappa shape index (κ3) is 5.49. The molecule has 0 bridgehead atoms. The molecule has 29 heavy (non-hydrogen) atoms. The van der Waals surface area contributed by atoms with Crippen molar-refractivity contribution < 1.29 is 34.9 Å². The number of rotatable bonds is 8. The van der Waals surface area contributed by atoms with Gasteiger partial charge in [0, 0.05) is 11.9 Å². The molecule has 1 N–H and O–H groups in total. The highest BCUT2D eigenvalue weighted by Crippen LogP contribution is 2.31. The summed E-state index contributed by atoms with van der Waals surface area (Å²) in [6, 6.07) is 7.45. The van der Waals surface area contributed by atoms with Gasteiger partial charge in [-0.05, 0) is 36.4 Å². The molecule has 0 amide bonds. The number of nitrogens with one attached hydrogen (secondary N) is 1. The van der Waals surface area contributed by atoms with Crippen LogP contribution in [0.2, 0.25) is 0 Å². The lowest BCUT2D eigenvalue weighted by Gasteiger charge is -2.15. The molecule has 0 radical (unpaired) electrons. The number of fused-ring (bicyclic) bond motifs is 1. The van der Waals surface area contributed by atoms with E-state index in [4.69, 9.17) is 8.92 Å². The lowest BCUT2D eigenvalue weighted by atomic mass is 10.3. The number of hydrogen-bond acceptors (Lipinski definition) is 12. The molecule has 10 nitrogen and oxygen atoms in total.